The summed E-state index contributed by atoms with van der Waals surface area (Å²) in [6.07, 6.45) is 1.97. The van der Waals surface area contributed by atoms with Crippen LogP contribution in [0.2, 0.25) is 10.0 Å². The minimum absolute atomic E-state index is 0.659. The quantitative estimate of drug-likeness (QED) is 0.804. The second kappa shape index (κ2) is 4.44. The third-order valence-electron chi connectivity index (χ3n) is 2.36. The van der Waals surface area contributed by atoms with Crippen LogP contribution in [-0.2, 0) is 11.3 Å². The van der Waals surface area contributed by atoms with Crippen LogP contribution >= 0.6 is 23.2 Å². The number of rotatable bonds is 3. The molecule has 0 amide bonds. The van der Waals surface area contributed by atoms with Crippen molar-refractivity contribution in [3.05, 3.63) is 34.4 Å². The largest absolute Gasteiger partial charge is 0.383 e. The van der Waals surface area contributed by atoms with Gasteiger partial charge in [0.25, 0.3) is 0 Å². The van der Waals surface area contributed by atoms with Crippen LogP contribution in [0, 0.1) is 0 Å². The Morgan fingerprint density at radius 1 is 1.20 bits per heavy atom. The zero-order valence-corrected chi connectivity index (χ0v) is 9.85. The Morgan fingerprint density at radius 2 is 1.93 bits per heavy atom. The molecule has 4 heteroatoms. The SMILES string of the molecule is COCCn1ccc2c(Cl)ccc(Cl)c21. The predicted molar refractivity (Wildman–Crippen MR) is 63.8 cm³/mol. The van der Waals surface area contributed by atoms with E-state index in [1.54, 1.807) is 7.11 Å². The number of aromatic nitrogens is 1. The van der Waals surface area contributed by atoms with E-state index < -0.39 is 0 Å². The maximum atomic E-state index is 6.13. The summed E-state index contributed by atoms with van der Waals surface area (Å²) >= 11 is 12.2. The number of benzene rings is 1. The fourth-order valence-electron chi connectivity index (χ4n) is 1.62. The first-order valence-electron chi connectivity index (χ1n) is 4.66. The van der Waals surface area contributed by atoms with Gasteiger partial charge in [0.05, 0.1) is 22.2 Å². The van der Waals surface area contributed by atoms with Gasteiger partial charge >= 0.3 is 0 Å². The van der Waals surface area contributed by atoms with E-state index in [0.29, 0.717) is 6.61 Å². The summed E-state index contributed by atoms with van der Waals surface area (Å²) in [5.41, 5.74) is 0.973. The Bertz CT molecular complexity index is 479. The molecule has 1 heterocycles. The normalized spacial score (nSPS) is 11.1. The molecule has 0 saturated heterocycles. The molecule has 1 aromatic carbocycles. The van der Waals surface area contributed by atoms with E-state index in [1.165, 1.54) is 0 Å². The van der Waals surface area contributed by atoms with E-state index in [9.17, 15) is 0 Å². The van der Waals surface area contributed by atoms with Crippen LogP contribution in [0.4, 0.5) is 0 Å². The van der Waals surface area contributed by atoms with Crippen molar-refractivity contribution in [2.24, 2.45) is 0 Å². The molecular weight excluding hydrogens is 233 g/mol. The van der Waals surface area contributed by atoms with Gasteiger partial charge in [0.2, 0.25) is 0 Å². The van der Waals surface area contributed by atoms with Crippen molar-refractivity contribution in [3.8, 4) is 0 Å². The first kappa shape index (κ1) is 10.8. The smallest absolute Gasteiger partial charge is 0.0685 e. The van der Waals surface area contributed by atoms with Gasteiger partial charge in [-0.3, -0.25) is 0 Å². The summed E-state index contributed by atoms with van der Waals surface area (Å²) in [5, 5.41) is 2.43. The lowest BCUT2D eigenvalue weighted by atomic mass is 10.2. The first-order valence-corrected chi connectivity index (χ1v) is 5.41. The number of nitrogens with zero attached hydrogens (tertiary/aromatic N) is 1. The highest BCUT2D eigenvalue weighted by atomic mass is 35.5. The Kier molecular flexibility index (Phi) is 3.19. The maximum Gasteiger partial charge on any atom is 0.0685 e. The Labute approximate surface area is 98.3 Å². The van der Waals surface area contributed by atoms with E-state index in [1.807, 2.05) is 29.0 Å². The second-order valence-electron chi connectivity index (χ2n) is 3.29. The molecule has 2 nitrogen and oxygen atoms in total. The van der Waals surface area contributed by atoms with Gasteiger partial charge in [-0.05, 0) is 18.2 Å². The molecule has 2 rings (SSSR count). The lowest BCUT2D eigenvalue weighted by Crippen LogP contribution is -2.02. The molecular formula is C11H11Cl2NO. The van der Waals surface area contributed by atoms with E-state index in [0.717, 1.165) is 27.5 Å². The van der Waals surface area contributed by atoms with Crippen LogP contribution in [0.1, 0.15) is 0 Å². The molecule has 0 aliphatic rings. The second-order valence-corrected chi connectivity index (χ2v) is 4.11. The van der Waals surface area contributed by atoms with E-state index >= 15 is 0 Å². The molecule has 2 aromatic rings. The average molecular weight is 244 g/mol. The number of methoxy groups -OCH3 is 1. The summed E-state index contributed by atoms with van der Waals surface area (Å²) in [5.74, 6) is 0. The van der Waals surface area contributed by atoms with Gasteiger partial charge in [-0.15, -0.1) is 0 Å². The molecule has 0 bridgehead atoms. The Hall–Kier alpha value is -0.700. The highest BCUT2D eigenvalue weighted by Gasteiger charge is 2.07. The zero-order chi connectivity index (χ0) is 10.8. The molecule has 15 heavy (non-hydrogen) atoms. The number of hydrogen-bond acceptors (Lipinski definition) is 1. The highest BCUT2D eigenvalue weighted by Crippen LogP contribution is 2.30. The Balaban J connectivity index is 2.53. The van der Waals surface area contributed by atoms with Crippen LogP contribution < -0.4 is 0 Å². The van der Waals surface area contributed by atoms with Crippen molar-refractivity contribution in [3.63, 3.8) is 0 Å². The van der Waals surface area contributed by atoms with Gasteiger partial charge in [-0.1, -0.05) is 23.2 Å². The van der Waals surface area contributed by atoms with Crippen LogP contribution in [0.25, 0.3) is 10.9 Å². The summed E-state index contributed by atoms with van der Waals surface area (Å²) in [4.78, 5) is 0. The van der Waals surface area contributed by atoms with E-state index in [4.69, 9.17) is 27.9 Å². The van der Waals surface area contributed by atoms with Gasteiger partial charge < -0.3 is 9.30 Å². The van der Waals surface area contributed by atoms with Crippen molar-refractivity contribution in [2.75, 3.05) is 13.7 Å². The topological polar surface area (TPSA) is 14.2 Å². The summed E-state index contributed by atoms with van der Waals surface area (Å²) in [6, 6.07) is 5.60. The minimum Gasteiger partial charge on any atom is -0.383 e. The van der Waals surface area contributed by atoms with Crippen LogP contribution in [0.3, 0.4) is 0 Å². The van der Waals surface area contributed by atoms with Gasteiger partial charge in [0, 0.05) is 25.2 Å². The lowest BCUT2D eigenvalue weighted by molar-refractivity contribution is 0.188. The molecule has 0 unspecified atom stereocenters. The molecule has 80 valence electrons. The van der Waals surface area contributed by atoms with Gasteiger partial charge in [0.15, 0.2) is 0 Å². The number of ether oxygens (including phenoxy) is 1. The molecule has 0 fully saturated rings. The van der Waals surface area contributed by atoms with E-state index in [-0.39, 0.29) is 0 Å². The van der Waals surface area contributed by atoms with E-state index in [2.05, 4.69) is 0 Å². The van der Waals surface area contributed by atoms with Gasteiger partial charge in [0.1, 0.15) is 0 Å². The molecule has 0 saturated carbocycles. The van der Waals surface area contributed by atoms with Crippen molar-refractivity contribution < 1.29 is 4.74 Å². The summed E-state index contributed by atoms with van der Waals surface area (Å²) in [6.45, 7) is 1.44. The molecule has 0 N–H and O–H groups in total. The fourth-order valence-corrected chi connectivity index (χ4v) is 2.11. The standard InChI is InChI=1S/C11H11Cl2NO/c1-15-7-6-14-5-4-8-9(12)2-3-10(13)11(8)14/h2-5H,6-7H2,1H3. The number of halogens is 2. The maximum absolute atomic E-state index is 6.13. The molecule has 0 aliphatic heterocycles. The fraction of sp³-hybridized carbons (Fsp3) is 0.273. The summed E-state index contributed by atoms with van der Waals surface area (Å²) in [7, 11) is 1.68. The highest BCUT2D eigenvalue weighted by molar-refractivity contribution is 6.39. The van der Waals surface area contributed by atoms with Crippen molar-refractivity contribution >= 4 is 34.1 Å². The van der Waals surface area contributed by atoms with Crippen molar-refractivity contribution in [1.82, 2.24) is 4.57 Å². The van der Waals surface area contributed by atoms with Crippen molar-refractivity contribution in [1.29, 1.82) is 0 Å². The monoisotopic (exact) mass is 243 g/mol. The molecule has 1 aromatic heterocycles. The van der Waals surface area contributed by atoms with Gasteiger partial charge in [-0.25, -0.2) is 0 Å². The van der Waals surface area contributed by atoms with Crippen LogP contribution in [0.15, 0.2) is 24.4 Å². The minimum atomic E-state index is 0.659. The van der Waals surface area contributed by atoms with Crippen LogP contribution in [0.5, 0.6) is 0 Å². The predicted octanol–water partition coefficient (Wildman–Crippen LogP) is 3.59. The third-order valence-corrected chi connectivity index (χ3v) is 2.99. The third kappa shape index (κ3) is 1.98. The molecule has 0 spiro atoms. The molecule has 0 aliphatic carbocycles. The zero-order valence-electron chi connectivity index (χ0n) is 8.34. The first-order chi connectivity index (χ1) is 7.24. The van der Waals surface area contributed by atoms with Crippen LogP contribution in [-0.4, -0.2) is 18.3 Å². The Morgan fingerprint density at radius 3 is 2.67 bits per heavy atom. The molecule has 0 radical (unpaired) electrons. The lowest BCUT2D eigenvalue weighted by Gasteiger charge is -2.06. The average Bonchev–Trinajstić information content (AvgIpc) is 2.65. The summed E-state index contributed by atoms with van der Waals surface area (Å²) < 4.78 is 7.09. The van der Waals surface area contributed by atoms with Crippen molar-refractivity contribution in [2.45, 2.75) is 6.54 Å². The van der Waals surface area contributed by atoms with Gasteiger partial charge in [-0.2, -0.15) is 0 Å². The number of fused-ring (bicyclic) bond motifs is 1. The number of hydrogen-bond donors (Lipinski definition) is 0. The molecule has 0 atom stereocenters.